The molecule has 4 aromatic rings. The van der Waals surface area contributed by atoms with E-state index in [4.69, 9.17) is 11.6 Å². The Morgan fingerprint density at radius 1 is 0.571 bits per heavy atom. The van der Waals surface area contributed by atoms with Crippen LogP contribution in [0.2, 0.25) is 5.02 Å². The summed E-state index contributed by atoms with van der Waals surface area (Å²) in [6.07, 6.45) is 0.866. The second kappa shape index (κ2) is 8.62. The predicted molar refractivity (Wildman–Crippen MR) is 128 cm³/mol. The number of halogens is 2. The molecule has 0 N–H and O–H groups in total. The fourth-order valence-electron chi connectivity index (χ4n) is 3.69. The van der Waals surface area contributed by atoms with Gasteiger partial charge in [-0.15, -0.1) is 0 Å². The molecule has 0 atom stereocenters. The van der Waals surface area contributed by atoms with Crippen LogP contribution in [0.3, 0.4) is 0 Å². The third-order valence-corrected chi connectivity index (χ3v) is 10.5. The summed E-state index contributed by atoms with van der Waals surface area (Å²) in [6, 6.07) is 38.7. The van der Waals surface area contributed by atoms with E-state index >= 15 is 0 Å². The molecule has 0 aromatic heterocycles. The molecule has 4 aromatic carbocycles. The number of benzene rings is 4. The fourth-order valence-corrected chi connectivity index (χ4v) is 9.16. The van der Waals surface area contributed by atoms with Crippen molar-refractivity contribution in [2.45, 2.75) is 6.16 Å². The Morgan fingerprint density at radius 3 is 1.39 bits per heavy atom. The van der Waals surface area contributed by atoms with Crippen molar-refractivity contribution in [1.82, 2.24) is 0 Å². The first-order valence-corrected chi connectivity index (χ1v) is 12.3. The van der Waals surface area contributed by atoms with Crippen molar-refractivity contribution >= 4 is 50.7 Å². The first-order chi connectivity index (χ1) is 13.7. The Labute approximate surface area is 180 Å². The maximum absolute atomic E-state index is 6.69. The van der Waals surface area contributed by atoms with Gasteiger partial charge in [0.05, 0.1) is 0 Å². The number of rotatable bonds is 5. The maximum atomic E-state index is 6.69. The summed E-state index contributed by atoms with van der Waals surface area (Å²) >= 11 is 10.4. The van der Waals surface area contributed by atoms with Gasteiger partial charge < -0.3 is 0 Å². The number of hydrogen-bond donors (Lipinski definition) is 0. The summed E-state index contributed by atoms with van der Waals surface area (Å²) in [5, 5.41) is 4.89. The Bertz CT molecular complexity index is 933. The Hall–Kier alpha value is -1.92. The average Bonchev–Trinajstić information content (AvgIpc) is 2.76. The van der Waals surface area contributed by atoms with Crippen molar-refractivity contribution in [3.63, 3.8) is 0 Å². The summed E-state index contributed by atoms with van der Waals surface area (Å²) < 4.78 is 1.06. The van der Waals surface area contributed by atoms with E-state index in [1.54, 1.807) is 0 Å². The van der Waals surface area contributed by atoms with Crippen molar-refractivity contribution < 1.29 is 0 Å². The van der Waals surface area contributed by atoms with Crippen LogP contribution in [0.4, 0.5) is 0 Å². The molecular weight excluding hydrogens is 447 g/mol. The standard InChI is InChI=1S/C25H20BrClP/c26-24-17-10-18-25(27)23(24)19-28(20-11-4-1-5-12-20,21-13-6-2-7-14-21)22-15-8-3-9-16-22/h1-18H,19H2/q+1. The zero-order chi connectivity index (χ0) is 19.4. The first-order valence-electron chi connectivity index (χ1n) is 9.19. The van der Waals surface area contributed by atoms with Gasteiger partial charge in [0.1, 0.15) is 29.3 Å². The van der Waals surface area contributed by atoms with Crippen molar-refractivity contribution in [3.05, 3.63) is 124 Å². The van der Waals surface area contributed by atoms with Crippen LogP contribution in [0.5, 0.6) is 0 Å². The monoisotopic (exact) mass is 465 g/mol. The summed E-state index contributed by atoms with van der Waals surface area (Å²) in [4.78, 5) is 0. The summed E-state index contributed by atoms with van der Waals surface area (Å²) in [7, 11) is -1.94. The normalized spacial score (nSPS) is 11.4. The van der Waals surface area contributed by atoms with Gasteiger partial charge in [0.25, 0.3) is 0 Å². The SMILES string of the molecule is Clc1cccc(Br)c1C[P+](c1ccccc1)(c1ccccc1)c1ccccc1. The van der Waals surface area contributed by atoms with Crippen LogP contribution in [0.25, 0.3) is 0 Å². The van der Waals surface area contributed by atoms with Gasteiger partial charge in [-0.2, -0.15) is 0 Å². The predicted octanol–water partition coefficient (Wildman–Crippen LogP) is 6.60. The van der Waals surface area contributed by atoms with Crippen LogP contribution in [-0.4, -0.2) is 0 Å². The molecule has 0 nitrogen and oxygen atoms in total. The summed E-state index contributed by atoms with van der Waals surface area (Å²) in [5.41, 5.74) is 1.16. The molecule has 0 bridgehead atoms. The van der Waals surface area contributed by atoms with E-state index in [1.165, 1.54) is 15.9 Å². The highest BCUT2D eigenvalue weighted by Crippen LogP contribution is 2.59. The Kier molecular flexibility index (Phi) is 5.97. The maximum Gasteiger partial charge on any atom is 0.116 e. The van der Waals surface area contributed by atoms with Crippen molar-refractivity contribution in [3.8, 4) is 0 Å². The van der Waals surface area contributed by atoms with Gasteiger partial charge >= 0.3 is 0 Å². The van der Waals surface area contributed by atoms with Crippen LogP contribution in [0.1, 0.15) is 5.56 Å². The molecular formula is C25H20BrClP+. The fraction of sp³-hybridized carbons (Fsp3) is 0.0400. The van der Waals surface area contributed by atoms with Gasteiger partial charge in [-0.25, -0.2) is 0 Å². The quantitative estimate of drug-likeness (QED) is 0.291. The van der Waals surface area contributed by atoms with Crippen molar-refractivity contribution in [2.24, 2.45) is 0 Å². The average molecular weight is 467 g/mol. The summed E-state index contributed by atoms with van der Waals surface area (Å²) in [6.45, 7) is 0. The Morgan fingerprint density at radius 2 is 1.00 bits per heavy atom. The Balaban J connectivity index is 2.04. The third kappa shape index (κ3) is 3.67. The van der Waals surface area contributed by atoms with Crippen LogP contribution < -0.4 is 15.9 Å². The first kappa shape index (κ1) is 19.4. The minimum absolute atomic E-state index is 0.807. The molecule has 0 radical (unpaired) electrons. The van der Waals surface area contributed by atoms with E-state index in [0.29, 0.717) is 0 Å². The smallest absolute Gasteiger partial charge is 0.0838 e. The second-order valence-electron chi connectivity index (χ2n) is 6.67. The van der Waals surface area contributed by atoms with E-state index < -0.39 is 7.26 Å². The molecule has 3 heteroatoms. The van der Waals surface area contributed by atoms with Crippen LogP contribution >= 0.6 is 34.8 Å². The van der Waals surface area contributed by atoms with Gasteiger partial charge in [-0.1, -0.05) is 88.2 Å². The lowest BCUT2D eigenvalue weighted by molar-refractivity contribution is 1.36. The molecule has 0 saturated heterocycles. The lowest BCUT2D eigenvalue weighted by Crippen LogP contribution is -2.32. The molecule has 0 aliphatic heterocycles. The van der Waals surface area contributed by atoms with Crippen LogP contribution in [-0.2, 0) is 6.16 Å². The molecule has 0 fully saturated rings. The van der Waals surface area contributed by atoms with Gasteiger partial charge in [0.2, 0.25) is 0 Å². The molecule has 138 valence electrons. The zero-order valence-corrected chi connectivity index (χ0v) is 18.5. The van der Waals surface area contributed by atoms with Crippen LogP contribution in [0, 0.1) is 0 Å². The van der Waals surface area contributed by atoms with Gasteiger partial charge in [-0.05, 0) is 48.5 Å². The van der Waals surface area contributed by atoms with E-state index in [9.17, 15) is 0 Å². The summed E-state index contributed by atoms with van der Waals surface area (Å²) in [5.74, 6) is 0. The lowest BCUT2D eigenvalue weighted by Gasteiger charge is -2.28. The molecule has 0 amide bonds. The second-order valence-corrected chi connectivity index (χ2v) is 11.4. The number of hydrogen-bond acceptors (Lipinski definition) is 0. The van der Waals surface area contributed by atoms with E-state index in [-0.39, 0.29) is 0 Å². The molecule has 28 heavy (non-hydrogen) atoms. The topological polar surface area (TPSA) is 0 Å². The molecule has 0 aliphatic rings. The van der Waals surface area contributed by atoms with Crippen LogP contribution in [0.15, 0.2) is 114 Å². The molecule has 4 rings (SSSR count). The minimum Gasteiger partial charge on any atom is -0.0838 e. The molecule has 0 spiro atoms. The molecule has 0 aliphatic carbocycles. The van der Waals surface area contributed by atoms with Crippen molar-refractivity contribution in [2.75, 3.05) is 0 Å². The van der Waals surface area contributed by atoms with Gasteiger partial charge in [0.15, 0.2) is 0 Å². The van der Waals surface area contributed by atoms with Gasteiger partial charge in [0, 0.05) is 15.1 Å². The minimum atomic E-state index is -1.94. The lowest BCUT2D eigenvalue weighted by atomic mass is 10.2. The molecule has 0 heterocycles. The largest absolute Gasteiger partial charge is 0.116 e. The highest BCUT2D eigenvalue weighted by molar-refractivity contribution is 9.10. The molecule has 0 unspecified atom stereocenters. The molecule has 0 saturated carbocycles. The highest BCUT2D eigenvalue weighted by atomic mass is 79.9. The van der Waals surface area contributed by atoms with E-state index in [0.717, 1.165) is 21.2 Å². The van der Waals surface area contributed by atoms with E-state index in [1.807, 2.05) is 12.1 Å². The van der Waals surface area contributed by atoms with E-state index in [2.05, 4.69) is 113 Å². The van der Waals surface area contributed by atoms with Gasteiger partial charge in [-0.3, -0.25) is 0 Å². The van der Waals surface area contributed by atoms with Crippen molar-refractivity contribution in [1.29, 1.82) is 0 Å². The third-order valence-electron chi connectivity index (χ3n) is 5.05. The zero-order valence-electron chi connectivity index (χ0n) is 15.3. The highest BCUT2D eigenvalue weighted by Gasteiger charge is 2.46.